The molecule has 0 saturated heterocycles. The highest BCUT2D eigenvalue weighted by Gasteiger charge is 2.09. The number of ether oxygens (including phenoxy) is 1. The number of nitrogens with zero attached hydrogens (tertiary/aromatic N) is 3. The van der Waals surface area contributed by atoms with E-state index in [2.05, 4.69) is 28.4 Å². The van der Waals surface area contributed by atoms with Crippen molar-refractivity contribution < 1.29 is 4.74 Å². The lowest BCUT2D eigenvalue weighted by Gasteiger charge is -2.10. The molecule has 0 atom stereocenters. The highest BCUT2D eigenvalue weighted by molar-refractivity contribution is 5.89. The smallest absolute Gasteiger partial charge is 0.227 e. The van der Waals surface area contributed by atoms with Crippen molar-refractivity contribution in [1.29, 1.82) is 0 Å². The molecule has 0 aliphatic rings. The summed E-state index contributed by atoms with van der Waals surface area (Å²) in [6.07, 6.45) is 5.38. The molecule has 0 unspecified atom stereocenters. The summed E-state index contributed by atoms with van der Waals surface area (Å²) in [6.45, 7) is 3.83. The average molecular weight is 282 g/mol. The van der Waals surface area contributed by atoms with Gasteiger partial charge in [0.25, 0.3) is 0 Å². The van der Waals surface area contributed by atoms with Crippen molar-refractivity contribution in [3.05, 3.63) is 48.4 Å². The molecule has 2 aromatic heterocycles. The second kappa shape index (κ2) is 5.93. The second-order valence-corrected chi connectivity index (χ2v) is 4.87. The summed E-state index contributed by atoms with van der Waals surface area (Å²) >= 11 is 0. The van der Waals surface area contributed by atoms with Crippen LogP contribution in [0.3, 0.4) is 0 Å². The molecule has 0 aliphatic heterocycles. The monoisotopic (exact) mass is 282 g/mol. The van der Waals surface area contributed by atoms with E-state index in [1.807, 2.05) is 37.6 Å². The Morgan fingerprint density at radius 2 is 2.00 bits per heavy atom. The Morgan fingerprint density at radius 3 is 2.71 bits per heavy atom. The Hall–Kier alpha value is -2.40. The van der Waals surface area contributed by atoms with E-state index < -0.39 is 0 Å². The third-order valence-electron chi connectivity index (χ3n) is 3.30. The van der Waals surface area contributed by atoms with E-state index in [1.54, 1.807) is 10.9 Å². The Balaban J connectivity index is 2.00. The van der Waals surface area contributed by atoms with Gasteiger partial charge < -0.3 is 10.1 Å². The number of aromatic nitrogens is 3. The van der Waals surface area contributed by atoms with Gasteiger partial charge >= 0.3 is 0 Å². The zero-order chi connectivity index (χ0) is 14.7. The fourth-order valence-electron chi connectivity index (χ4n) is 2.27. The van der Waals surface area contributed by atoms with Crippen LogP contribution >= 0.6 is 0 Å². The fraction of sp³-hybridized carbons (Fsp3) is 0.250. The lowest BCUT2D eigenvalue weighted by molar-refractivity contribution is 0.468. The minimum Gasteiger partial charge on any atom is -0.435 e. The number of aryl methyl sites for hydroxylation is 1. The highest BCUT2D eigenvalue weighted by Crippen LogP contribution is 2.29. The molecule has 0 saturated carbocycles. The predicted molar refractivity (Wildman–Crippen MR) is 82.4 cm³/mol. The first-order valence-corrected chi connectivity index (χ1v) is 7.01. The van der Waals surface area contributed by atoms with E-state index in [0.29, 0.717) is 11.6 Å². The van der Waals surface area contributed by atoms with Crippen molar-refractivity contribution in [2.45, 2.75) is 13.5 Å². The Kier molecular flexibility index (Phi) is 3.83. The van der Waals surface area contributed by atoms with Gasteiger partial charge in [-0.1, -0.05) is 25.1 Å². The molecule has 1 aromatic carbocycles. The average Bonchev–Trinajstić information content (AvgIpc) is 2.92. The molecular weight excluding hydrogens is 264 g/mol. The summed E-state index contributed by atoms with van der Waals surface area (Å²) in [6, 6.07) is 8.16. The van der Waals surface area contributed by atoms with Gasteiger partial charge in [-0.2, -0.15) is 5.10 Å². The van der Waals surface area contributed by atoms with Crippen molar-refractivity contribution >= 4 is 10.8 Å². The van der Waals surface area contributed by atoms with Crippen LogP contribution in [0.25, 0.3) is 10.8 Å². The van der Waals surface area contributed by atoms with Crippen LogP contribution in [0.15, 0.2) is 42.9 Å². The van der Waals surface area contributed by atoms with E-state index in [-0.39, 0.29) is 0 Å². The molecule has 3 aromatic rings. The van der Waals surface area contributed by atoms with Crippen LogP contribution in [0.1, 0.15) is 12.5 Å². The summed E-state index contributed by atoms with van der Waals surface area (Å²) in [7, 11) is 1.86. The first kappa shape index (κ1) is 13.6. The number of hydrogen-bond donors (Lipinski definition) is 1. The van der Waals surface area contributed by atoms with Gasteiger partial charge in [-0.25, -0.2) is 4.98 Å². The van der Waals surface area contributed by atoms with Crippen molar-refractivity contribution in [1.82, 2.24) is 20.1 Å². The third-order valence-corrected chi connectivity index (χ3v) is 3.30. The molecule has 1 N–H and O–H groups in total. The van der Waals surface area contributed by atoms with Crippen LogP contribution in [0.5, 0.6) is 11.6 Å². The maximum Gasteiger partial charge on any atom is 0.227 e. The highest BCUT2D eigenvalue weighted by atomic mass is 16.5. The molecule has 108 valence electrons. The second-order valence-electron chi connectivity index (χ2n) is 4.87. The number of pyridine rings is 1. The van der Waals surface area contributed by atoms with Crippen LogP contribution in [0, 0.1) is 0 Å². The van der Waals surface area contributed by atoms with Crippen LogP contribution in [0.4, 0.5) is 0 Å². The van der Waals surface area contributed by atoms with E-state index >= 15 is 0 Å². The summed E-state index contributed by atoms with van der Waals surface area (Å²) in [5.41, 5.74) is 1.17. The number of fused-ring (bicyclic) bond motifs is 1. The van der Waals surface area contributed by atoms with Crippen LogP contribution in [-0.4, -0.2) is 21.3 Å². The zero-order valence-corrected chi connectivity index (χ0v) is 12.2. The predicted octanol–water partition coefficient (Wildman–Crippen LogP) is 2.87. The van der Waals surface area contributed by atoms with Gasteiger partial charge in [-0.05, 0) is 23.6 Å². The lowest BCUT2D eigenvalue weighted by atomic mass is 10.1. The van der Waals surface area contributed by atoms with E-state index in [0.717, 1.165) is 23.9 Å². The zero-order valence-electron chi connectivity index (χ0n) is 12.2. The van der Waals surface area contributed by atoms with Crippen LogP contribution in [0.2, 0.25) is 0 Å². The molecule has 5 nitrogen and oxygen atoms in total. The van der Waals surface area contributed by atoms with Crippen LogP contribution < -0.4 is 10.1 Å². The van der Waals surface area contributed by atoms with Gasteiger partial charge in [0.15, 0.2) is 5.75 Å². The largest absolute Gasteiger partial charge is 0.435 e. The van der Waals surface area contributed by atoms with E-state index in [9.17, 15) is 0 Å². The van der Waals surface area contributed by atoms with Gasteiger partial charge in [0, 0.05) is 25.2 Å². The number of hydrogen-bond acceptors (Lipinski definition) is 4. The molecule has 0 amide bonds. The SMILES string of the molecule is CCNCc1cnc(Oc2cnn(C)c2)c2ccccc12. The topological polar surface area (TPSA) is 52.0 Å². The summed E-state index contributed by atoms with van der Waals surface area (Å²) in [4.78, 5) is 4.47. The minimum absolute atomic E-state index is 0.610. The molecular formula is C16H18N4O. The molecule has 0 radical (unpaired) electrons. The Bertz CT molecular complexity index is 751. The molecule has 0 fully saturated rings. The minimum atomic E-state index is 0.610. The Labute approximate surface area is 123 Å². The summed E-state index contributed by atoms with van der Waals surface area (Å²) in [5, 5.41) is 9.61. The van der Waals surface area contributed by atoms with Gasteiger partial charge in [-0.15, -0.1) is 0 Å². The molecule has 3 rings (SSSR count). The van der Waals surface area contributed by atoms with Gasteiger partial charge in [-0.3, -0.25) is 4.68 Å². The quantitative estimate of drug-likeness (QED) is 0.782. The maximum atomic E-state index is 5.86. The van der Waals surface area contributed by atoms with Gasteiger partial charge in [0.05, 0.1) is 12.4 Å². The van der Waals surface area contributed by atoms with Crippen molar-refractivity contribution in [2.24, 2.45) is 7.05 Å². The molecule has 2 heterocycles. The van der Waals surface area contributed by atoms with Crippen molar-refractivity contribution in [3.63, 3.8) is 0 Å². The maximum absolute atomic E-state index is 5.86. The molecule has 5 heteroatoms. The van der Waals surface area contributed by atoms with Crippen molar-refractivity contribution in [2.75, 3.05) is 6.54 Å². The first-order valence-electron chi connectivity index (χ1n) is 7.01. The van der Waals surface area contributed by atoms with Crippen molar-refractivity contribution in [3.8, 4) is 11.6 Å². The molecule has 0 aliphatic carbocycles. The number of nitrogens with one attached hydrogen (secondary N) is 1. The van der Waals surface area contributed by atoms with E-state index in [4.69, 9.17) is 4.74 Å². The summed E-state index contributed by atoms with van der Waals surface area (Å²) < 4.78 is 7.56. The number of rotatable bonds is 5. The molecule has 21 heavy (non-hydrogen) atoms. The molecule has 0 bridgehead atoms. The van der Waals surface area contributed by atoms with Gasteiger partial charge in [0.1, 0.15) is 0 Å². The third kappa shape index (κ3) is 2.87. The first-order chi connectivity index (χ1) is 10.3. The molecule has 0 spiro atoms. The summed E-state index contributed by atoms with van der Waals surface area (Å²) in [5.74, 6) is 1.30. The van der Waals surface area contributed by atoms with E-state index in [1.165, 1.54) is 5.56 Å². The normalized spacial score (nSPS) is 11.0. The fourth-order valence-corrected chi connectivity index (χ4v) is 2.27. The number of benzene rings is 1. The standard InChI is InChI=1S/C16H18N4O/c1-3-17-8-12-9-18-16(15-7-5-4-6-14(12)15)21-13-10-19-20(2)11-13/h4-7,9-11,17H,3,8H2,1-2H3. The Morgan fingerprint density at radius 1 is 1.19 bits per heavy atom. The lowest BCUT2D eigenvalue weighted by Crippen LogP contribution is -2.12. The van der Waals surface area contributed by atoms with Crippen LogP contribution in [-0.2, 0) is 13.6 Å². The van der Waals surface area contributed by atoms with Gasteiger partial charge in [0.2, 0.25) is 5.88 Å².